The Hall–Kier alpha value is -7.28. The highest BCUT2D eigenvalue weighted by Gasteiger charge is 2.24. The number of aromatic nitrogens is 1. The molecule has 0 aliphatic carbocycles. The van der Waals surface area contributed by atoms with Crippen molar-refractivity contribution in [1.82, 2.24) is 9.88 Å². The molecule has 12 rings (SSSR count). The number of fused-ring (bicyclic) bond motifs is 9. The van der Waals surface area contributed by atoms with Crippen LogP contribution in [-0.2, 0) is 0 Å². The van der Waals surface area contributed by atoms with E-state index in [9.17, 15) is 0 Å². The number of nitrogens with one attached hydrogen (secondary N) is 1. The Bertz CT molecular complexity index is 3390. The lowest BCUT2D eigenvalue weighted by Crippen LogP contribution is -2.33. The molecule has 8 aromatic carbocycles. The number of amidine groups is 2. The number of hydrogen-bond donors (Lipinski definition) is 1. The van der Waals surface area contributed by atoms with E-state index in [2.05, 4.69) is 168 Å². The SMILES string of the molecule is c1ccc(C2=NC(c3cccc4c3sc3cc(-c5cccc6oc7cccc(-n8c9ccccc9c9ccccc98)c7c56)ccc34)=NC(c3ccccc3)N2)cc1. The molecule has 1 unspecified atom stereocenters. The summed E-state index contributed by atoms with van der Waals surface area (Å²) in [5, 5.41) is 10.7. The minimum atomic E-state index is -0.261. The van der Waals surface area contributed by atoms with Crippen molar-refractivity contribution >= 4 is 86.9 Å². The van der Waals surface area contributed by atoms with Crippen molar-refractivity contribution < 1.29 is 4.42 Å². The van der Waals surface area contributed by atoms with Gasteiger partial charge in [-0.25, -0.2) is 9.98 Å². The molecular weight excluding hydrogens is 717 g/mol. The third-order valence-electron chi connectivity index (χ3n) is 11.3. The summed E-state index contributed by atoms with van der Waals surface area (Å²) in [7, 11) is 0. The predicted molar refractivity (Wildman–Crippen MR) is 238 cm³/mol. The van der Waals surface area contributed by atoms with Crippen molar-refractivity contribution in [2.24, 2.45) is 9.98 Å². The van der Waals surface area contributed by atoms with Crippen LogP contribution in [0.5, 0.6) is 0 Å². The first-order valence-electron chi connectivity index (χ1n) is 19.2. The Labute approximate surface area is 331 Å². The molecule has 0 amide bonds. The van der Waals surface area contributed by atoms with Gasteiger partial charge in [0.05, 0.1) is 22.1 Å². The fraction of sp³-hybridized carbons (Fsp3) is 0.0196. The lowest BCUT2D eigenvalue weighted by Gasteiger charge is -2.23. The zero-order valence-electron chi connectivity index (χ0n) is 30.6. The van der Waals surface area contributed by atoms with Gasteiger partial charge in [-0.1, -0.05) is 140 Å². The van der Waals surface area contributed by atoms with Crippen LogP contribution < -0.4 is 5.32 Å². The third kappa shape index (κ3) is 5.01. The Morgan fingerprint density at radius 2 is 1.18 bits per heavy atom. The van der Waals surface area contributed by atoms with Gasteiger partial charge in [0.1, 0.15) is 23.2 Å². The molecule has 57 heavy (non-hydrogen) atoms. The summed E-state index contributed by atoms with van der Waals surface area (Å²) in [5.74, 6) is 1.54. The number of aliphatic imine (C=N–C) groups is 2. The van der Waals surface area contributed by atoms with Crippen molar-refractivity contribution in [3.05, 3.63) is 199 Å². The standard InChI is InChI=1S/C51H32N4OS/c1-3-14-31(15-4-1)49-52-50(32-16-5-2-6-17-32)54-51(53-49)39-22-11-21-38-37-29-28-33(30-45(37)57-48(38)39)34-20-12-26-43-46(34)47-42(25-13-27-44(47)56-43)55-40-23-9-7-18-35(40)36-19-8-10-24-41(36)55/h1-30,49H,(H,52,53,54). The van der Waals surface area contributed by atoms with Gasteiger partial charge in [-0.3, -0.25) is 0 Å². The quantitative estimate of drug-likeness (QED) is 0.191. The molecule has 1 N–H and O–H groups in total. The number of benzene rings is 8. The number of thiophene rings is 1. The maximum absolute atomic E-state index is 6.64. The lowest BCUT2D eigenvalue weighted by atomic mass is 9.97. The fourth-order valence-electron chi connectivity index (χ4n) is 8.72. The summed E-state index contributed by atoms with van der Waals surface area (Å²) in [5.41, 5.74) is 10.6. The Morgan fingerprint density at radius 3 is 1.96 bits per heavy atom. The molecule has 11 aromatic rings. The second-order valence-electron chi connectivity index (χ2n) is 14.5. The monoisotopic (exact) mass is 748 g/mol. The maximum Gasteiger partial charge on any atom is 0.160 e. The van der Waals surface area contributed by atoms with Crippen LogP contribution in [0.1, 0.15) is 22.9 Å². The zero-order chi connectivity index (χ0) is 37.5. The molecule has 0 radical (unpaired) electrons. The van der Waals surface area contributed by atoms with Crippen LogP contribution in [0.4, 0.5) is 0 Å². The average Bonchev–Trinajstić information content (AvgIpc) is 3.96. The molecule has 0 bridgehead atoms. The van der Waals surface area contributed by atoms with Crippen molar-refractivity contribution in [2.75, 3.05) is 0 Å². The van der Waals surface area contributed by atoms with Gasteiger partial charge in [0.25, 0.3) is 0 Å². The largest absolute Gasteiger partial charge is 0.456 e. The molecule has 0 saturated carbocycles. The molecule has 0 spiro atoms. The van der Waals surface area contributed by atoms with Crippen LogP contribution >= 0.6 is 11.3 Å². The van der Waals surface area contributed by atoms with E-state index in [4.69, 9.17) is 14.4 Å². The molecule has 3 aromatic heterocycles. The van der Waals surface area contributed by atoms with E-state index in [0.717, 1.165) is 67.1 Å². The summed E-state index contributed by atoms with van der Waals surface area (Å²) in [6.45, 7) is 0. The van der Waals surface area contributed by atoms with Crippen LogP contribution in [0.25, 0.3) is 80.7 Å². The Balaban J connectivity index is 1.04. The van der Waals surface area contributed by atoms with Crippen molar-refractivity contribution in [3.63, 3.8) is 0 Å². The molecule has 4 heterocycles. The maximum atomic E-state index is 6.64. The second-order valence-corrected chi connectivity index (χ2v) is 15.6. The number of para-hydroxylation sites is 2. The molecule has 0 saturated heterocycles. The van der Waals surface area contributed by atoms with Crippen LogP contribution in [0.15, 0.2) is 196 Å². The van der Waals surface area contributed by atoms with Gasteiger partial charge in [-0.05, 0) is 59.2 Å². The number of hydrogen-bond acceptors (Lipinski definition) is 5. The highest BCUT2D eigenvalue weighted by molar-refractivity contribution is 7.26. The van der Waals surface area contributed by atoms with Crippen molar-refractivity contribution in [2.45, 2.75) is 6.17 Å². The zero-order valence-corrected chi connectivity index (χ0v) is 31.4. The molecule has 6 heteroatoms. The van der Waals surface area contributed by atoms with Gasteiger partial charge in [0.15, 0.2) is 5.84 Å². The highest BCUT2D eigenvalue weighted by atomic mass is 32.1. The first-order chi connectivity index (χ1) is 28.3. The van der Waals surface area contributed by atoms with E-state index < -0.39 is 0 Å². The smallest absolute Gasteiger partial charge is 0.160 e. The third-order valence-corrected chi connectivity index (χ3v) is 12.5. The molecule has 1 aliphatic rings. The summed E-state index contributed by atoms with van der Waals surface area (Å²) in [6.07, 6.45) is -0.261. The first-order valence-corrected chi connectivity index (χ1v) is 20.0. The van der Waals surface area contributed by atoms with Crippen molar-refractivity contribution in [1.29, 1.82) is 0 Å². The lowest BCUT2D eigenvalue weighted by molar-refractivity contribution is 0.669. The van der Waals surface area contributed by atoms with Gasteiger partial charge >= 0.3 is 0 Å². The van der Waals surface area contributed by atoms with E-state index in [1.165, 1.54) is 42.0 Å². The first kappa shape index (κ1) is 32.0. The average molecular weight is 749 g/mol. The summed E-state index contributed by atoms with van der Waals surface area (Å²) < 4.78 is 11.4. The van der Waals surface area contributed by atoms with E-state index in [1.54, 1.807) is 11.3 Å². The summed E-state index contributed by atoms with van der Waals surface area (Å²) in [6, 6.07) is 64.3. The molecule has 268 valence electrons. The molecular formula is C51H32N4OS. The van der Waals surface area contributed by atoms with Gasteiger partial charge in [-0.2, -0.15) is 0 Å². The number of furan rings is 1. The predicted octanol–water partition coefficient (Wildman–Crippen LogP) is 13.2. The Kier molecular flexibility index (Phi) is 7.09. The minimum absolute atomic E-state index is 0.261. The number of rotatable bonds is 5. The van der Waals surface area contributed by atoms with E-state index in [-0.39, 0.29) is 6.17 Å². The van der Waals surface area contributed by atoms with Crippen LogP contribution in [-0.4, -0.2) is 16.2 Å². The molecule has 0 fully saturated rings. The minimum Gasteiger partial charge on any atom is -0.456 e. The van der Waals surface area contributed by atoms with E-state index >= 15 is 0 Å². The summed E-state index contributed by atoms with van der Waals surface area (Å²) >= 11 is 1.80. The highest BCUT2D eigenvalue weighted by Crippen LogP contribution is 2.44. The Morgan fingerprint density at radius 1 is 0.526 bits per heavy atom. The van der Waals surface area contributed by atoms with E-state index in [1.807, 2.05) is 24.3 Å². The van der Waals surface area contributed by atoms with Crippen LogP contribution in [0.3, 0.4) is 0 Å². The van der Waals surface area contributed by atoms with Crippen LogP contribution in [0.2, 0.25) is 0 Å². The molecule has 1 atom stereocenters. The number of nitrogens with zero attached hydrogens (tertiary/aromatic N) is 3. The van der Waals surface area contributed by atoms with Gasteiger partial charge in [-0.15, -0.1) is 11.3 Å². The molecule has 5 nitrogen and oxygen atoms in total. The van der Waals surface area contributed by atoms with Gasteiger partial charge < -0.3 is 14.3 Å². The van der Waals surface area contributed by atoms with Crippen LogP contribution in [0, 0.1) is 0 Å². The summed E-state index contributed by atoms with van der Waals surface area (Å²) in [4.78, 5) is 10.4. The van der Waals surface area contributed by atoms with Gasteiger partial charge in [0, 0.05) is 47.5 Å². The topological polar surface area (TPSA) is 54.8 Å². The second kappa shape index (κ2) is 12.6. The van der Waals surface area contributed by atoms with Crippen molar-refractivity contribution in [3.8, 4) is 16.8 Å². The molecule has 1 aliphatic heterocycles. The fourth-order valence-corrected chi connectivity index (χ4v) is 9.97. The normalized spacial score (nSPS) is 14.5. The van der Waals surface area contributed by atoms with E-state index in [0.29, 0.717) is 0 Å². The van der Waals surface area contributed by atoms with Gasteiger partial charge in [0.2, 0.25) is 0 Å².